The summed E-state index contributed by atoms with van der Waals surface area (Å²) < 4.78 is 5.64. The molecule has 2 fully saturated rings. The average molecular weight is 251 g/mol. The topological polar surface area (TPSA) is 58.8 Å². The molecule has 0 saturated carbocycles. The standard InChI is InChI=1S/C13H21N3O2/c1-2-5-15-6-8-16(9-7-15)13(17)12-4-3-11(10-14)18-12/h1,11-12H,3-10,14H2. The van der Waals surface area contributed by atoms with Crippen molar-refractivity contribution in [2.75, 3.05) is 39.3 Å². The van der Waals surface area contributed by atoms with E-state index in [0.717, 1.165) is 39.0 Å². The molecule has 1 amide bonds. The van der Waals surface area contributed by atoms with Crippen LogP contribution in [0.15, 0.2) is 0 Å². The highest BCUT2D eigenvalue weighted by Crippen LogP contribution is 2.21. The summed E-state index contributed by atoms with van der Waals surface area (Å²) in [6, 6.07) is 0. The maximum atomic E-state index is 12.2. The van der Waals surface area contributed by atoms with Gasteiger partial charge in [0.25, 0.3) is 5.91 Å². The molecule has 2 rings (SSSR count). The normalized spacial score (nSPS) is 29.2. The van der Waals surface area contributed by atoms with Crippen LogP contribution in [0.4, 0.5) is 0 Å². The maximum absolute atomic E-state index is 12.2. The smallest absolute Gasteiger partial charge is 0.251 e. The summed E-state index contributed by atoms with van der Waals surface area (Å²) in [6.07, 6.45) is 6.75. The van der Waals surface area contributed by atoms with Gasteiger partial charge < -0.3 is 15.4 Å². The first-order valence-electron chi connectivity index (χ1n) is 6.54. The lowest BCUT2D eigenvalue weighted by atomic mass is 10.1. The molecule has 0 aromatic rings. The predicted octanol–water partition coefficient (Wildman–Crippen LogP) is -0.730. The van der Waals surface area contributed by atoms with E-state index >= 15 is 0 Å². The monoisotopic (exact) mass is 251 g/mol. The Bertz CT molecular complexity index is 332. The highest BCUT2D eigenvalue weighted by Gasteiger charge is 2.33. The van der Waals surface area contributed by atoms with E-state index in [1.807, 2.05) is 4.90 Å². The van der Waals surface area contributed by atoms with Crippen molar-refractivity contribution in [2.45, 2.75) is 25.0 Å². The Hall–Kier alpha value is -1.09. The molecule has 0 bridgehead atoms. The Morgan fingerprint density at radius 2 is 2.06 bits per heavy atom. The summed E-state index contributed by atoms with van der Waals surface area (Å²) in [5.74, 6) is 2.75. The number of terminal acetylenes is 1. The minimum Gasteiger partial charge on any atom is -0.364 e. The summed E-state index contributed by atoms with van der Waals surface area (Å²) >= 11 is 0. The Labute approximate surface area is 108 Å². The lowest BCUT2D eigenvalue weighted by Crippen LogP contribution is -2.51. The van der Waals surface area contributed by atoms with Crippen molar-refractivity contribution in [3.8, 4) is 12.3 Å². The van der Waals surface area contributed by atoms with Crippen LogP contribution >= 0.6 is 0 Å². The van der Waals surface area contributed by atoms with Crippen LogP contribution in [-0.4, -0.2) is 67.2 Å². The highest BCUT2D eigenvalue weighted by molar-refractivity contribution is 5.81. The molecule has 2 N–H and O–H groups in total. The first kappa shape index (κ1) is 13.3. The van der Waals surface area contributed by atoms with Gasteiger partial charge in [0, 0.05) is 32.7 Å². The molecular formula is C13H21N3O2. The number of amides is 1. The van der Waals surface area contributed by atoms with E-state index in [4.69, 9.17) is 16.9 Å². The number of carbonyl (C=O) groups excluding carboxylic acids is 1. The van der Waals surface area contributed by atoms with Gasteiger partial charge >= 0.3 is 0 Å². The van der Waals surface area contributed by atoms with Gasteiger partial charge in [-0.05, 0) is 12.8 Å². The van der Waals surface area contributed by atoms with Crippen molar-refractivity contribution in [1.82, 2.24) is 9.80 Å². The molecule has 0 aliphatic carbocycles. The van der Waals surface area contributed by atoms with Crippen LogP contribution in [-0.2, 0) is 9.53 Å². The van der Waals surface area contributed by atoms with Crippen molar-refractivity contribution < 1.29 is 9.53 Å². The molecule has 2 unspecified atom stereocenters. The SMILES string of the molecule is C#CCN1CCN(C(=O)C2CCC(CN)O2)CC1. The van der Waals surface area contributed by atoms with E-state index in [0.29, 0.717) is 13.1 Å². The highest BCUT2D eigenvalue weighted by atomic mass is 16.5. The molecule has 100 valence electrons. The second-order valence-corrected chi connectivity index (χ2v) is 4.87. The Morgan fingerprint density at radius 3 is 2.61 bits per heavy atom. The summed E-state index contributed by atoms with van der Waals surface area (Å²) in [6.45, 7) is 4.35. The molecule has 0 aromatic heterocycles. The number of ether oxygens (including phenoxy) is 1. The number of nitrogens with zero attached hydrogens (tertiary/aromatic N) is 2. The van der Waals surface area contributed by atoms with Crippen LogP contribution in [0.25, 0.3) is 0 Å². The maximum Gasteiger partial charge on any atom is 0.251 e. The largest absolute Gasteiger partial charge is 0.364 e. The van der Waals surface area contributed by atoms with E-state index in [1.54, 1.807) is 0 Å². The minimum atomic E-state index is -0.280. The van der Waals surface area contributed by atoms with Crippen molar-refractivity contribution in [3.63, 3.8) is 0 Å². The van der Waals surface area contributed by atoms with Crippen LogP contribution in [0.2, 0.25) is 0 Å². The molecule has 0 radical (unpaired) electrons. The Morgan fingerprint density at radius 1 is 1.33 bits per heavy atom. The molecule has 0 aromatic carbocycles. The van der Waals surface area contributed by atoms with Crippen LogP contribution in [0, 0.1) is 12.3 Å². The van der Waals surface area contributed by atoms with Gasteiger partial charge in [-0.25, -0.2) is 0 Å². The van der Waals surface area contributed by atoms with Gasteiger partial charge in [-0.1, -0.05) is 5.92 Å². The second kappa shape index (κ2) is 6.19. The lowest BCUT2D eigenvalue weighted by Gasteiger charge is -2.34. The fraction of sp³-hybridized carbons (Fsp3) is 0.769. The molecule has 5 nitrogen and oxygen atoms in total. The van der Waals surface area contributed by atoms with Gasteiger partial charge in [0.05, 0.1) is 12.6 Å². The third-order valence-electron chi connectivity index (χ3n) is 3.64. The summed E-state index contributed by atoms with van der Waals surface area (Å²) in [4.78, 5) is 16.3. The molecule has 5 heteroatoms. The van der Waals surface area contributed by atoms with Gasteiger partial charge in [-0.15, -0.1) is 6.42 Å². The zero-order valence-corrected chi connectivity index (χ0v) is 10.7. The number of hydrogen-bond donors (Lipinski definition) is 1. The van der Waals surface area contributed by atoms with Gasteiger partial charge in [0.1, 0.15) is 6.10 Å². The third kappa shape index (κ3) is 3.02. The van der Waals surface area contributed by atoms with E-state index in [1.165, 1.54) is 0 Å². The van der Waals surface area contributed by atoms with Crippen molar-refractivity contribution in [2.24, 2.45) is 5.73 Å². The summed E-state index contributed by atoms with van der Waals surface area (Å²) in [7, 11) is 0. The van der Waals surface area contributed by atoms with Gasteiger partial charge in [0.15, 0.2) is 0 Å². The fourth-order valence-electron chi connectivity index (χ4n) is 2.52. The zero-order valence-electron chi connectivity index (χ0n) is 10.7. The number of hydrogen-bond acceptors (Lipinski definition) is 4. The first-order valence-corrected chi connectivity index (χ1v) is 6.54. The fourth-order valence-corrected chi connectivity index (χ4v) is 2.52. The third-order valence-corrected chi connectivity index (χ3v) is 3.64. The van der Waals surface area contributed by atoms with Gasteiger partial charge in [0.2, 0.25) is 0 Å². The molecule has 0 spiro atoms. The van der Waals surface area contributed by atoms with Gasteiger partial charge in [-0.2, -0.15) is 0 Å². The van der Waals surface area contributed by atoms with Gasteiger partial charge in [-0.3, -0.25) is 9.69 Å². The molecule has 2 heterocycles. The van der Waals surface area contributed by atoms with E-state index in [-0.39, 0.29) is 18.1 Å². The molecule has 2 atom stereocenters. The molecule has 2 aliphatic rings. The van der Waals surface area contributed by atoms with E-state index in [2.05, 4.69) is 10.8 Å². The number of piperazine rings is 1. The van der Waals surface area contributed by atoms with Crippen molar-refractivity contribution in [3.05, 3.63) is 0 Å². The van der Waals surface area contributed by atoms with Crippen LogP contribution in [0.5, 0.6) is 0 Å². The molecular weight excluding hydrogens is 230 g/mol. The van der Waals surface area contributed by atoms with E-state index in [9.17, 15) is 4.79 Å². The first-order chi connectivity index (χ1) is 8.74. The minimum absolute atomic E-state index is 0.0571. The number of nitrogens with two attached hydrogens (primary N) is 1. The molecule has 2 saturated heterocycles. The van der Waals surface area contributed by atoms with E-state index < -0.39 is 0 Å². The zero-order chi connectivity index (χ0) is 13.0. The quantitative estimate of drug-likeness (QED) is 0.672. The number of carbonyl (C=O) groups is 1. The second-order valence-electron chi connectivity index (χ2n) is 4.87. The molecule has 2 aliphatic heterocycles. The predicted molar refractivity (Wildman–Crippen MR) is 68.8 cm³/mol. The Balaban J connectivity index is 1.79. The summed E-state index contributed by atoms with van der Waals surface area (Å²) in [5.41, 5.74) is 5.55. The number of rotatable bonds is 3. The summed E-state index contributed by atoms with van der Waals surface area (Å²) in [5, 5.41) is 0. The molecule has 18 heavy (non-hydrogen) atoms. The van der Waals surface area contributed by atoms with Crippen LogP contribution < -0.4 is 5.73 Å². The van der Waals surface area contributed by atoms with Crippen molar-refractivity contribution in [1.29, 1.82) is 0 Å². The van der Waals surface area contributed by atoms with Crippen LogP contribution in [0.3, 0.4) is 0 Å². The van der Waals surface area contributed by atoms with Crippen molar-refractivity contribution >= 4 is 5.91 Å². The Kier molecular flexibility index (Phi) is 4.59. The lowest BCUT2D eigenvalue weighted by molar-refractivity contribution is -0.144. The average Bonchev–Trinajstić information content (AvgIpc) is 2.88. The van der Waals surface area contributed by atoms with Crippen LogP contribution in [0.1, 0.15) is 12.8 Å².